The summed E-state index contributed by atoms with van der Waals surface area (Å²) in [7, 11) is 0. The van der Waals surface area contributed by atoms with Crippen molar-refractivity contribution in [2.24, 2.45) is 0 Å². The first-order valence-electron chi connectivity index (χ1n) is 6.22. The van der Waals surface area contributed by atoms with Gasteiger partial charge in [-0.1, -0.05) is 0 Å². The zero-order valence-electron chi connectivity index (χ0n) is 10.8. The minimum atomic E-state index is -0.0555. The van der Waals surface area contributed by atoms with Gasteiger partial charge in [-0.05, 0) is 0 Å². The van der Waals surface area contributed by atoms with Gasteiger partial charge in [-0.3, -0.25) is 0 Å². The van der Waals surface area contributed by atoms with E-state index in [2.05, 4.69) is 0 Å². The van der Waals surface area contributed by atoms with Crippen LogP contribution in [0.3, 0.4) is 0 Å². The van der Waals surface area contributed by atoms with Gasteiger partial charge in [0, 0.05) is 0 Å². The molecule has 2 aromatic rings. The Morgan fingerprint density at radius 1 is 0.650 bits per heavy atom. The average Bonchev–Trinajstić information content (AvgIpc) is 2.53. The zero-order valence-corrected chi connectivity index (χ0v) is 14.2. The van der Waals surface area contributed by atoms with Crippen molar-refractivity contribution < 1.29 is 9.59 Å². The van der Waals surface area contributed by atoms with Crippen LogP contribution in [-0.4, -0.2) is 39.3 Å². The summed E-state index contributed by atoms with van der Waals surface area (Å²) in [5.41, 5.74) is 1.57. The Labute approximate surface area is 131 Å². The summed E-state index contributed by atoms with van der Waals surface area (Å²) < 4.78 is 0.446. The molecule has 0 radical (unpaired) electrons. The van der Waals surface area contributed by atoms with E-state index < -0.39 is 0 Å². The van der Waals surface area contributed by atoms with E-state index in [-0.39, 0.29) is 39.3 Å². The summed E-state index contributed by atoms with van der Waals surface area (Å²) in [6.45, 7) is 0. The van der Waals surface area contributed by atoms with E-state index in [0.29, 0.717) is 0 Å². The Hall–Kier alpha value is -1.18. The van der Waals surface area contributed by atoms with E-state index in [1.165, 1.54) is 0 Å². The second kappa shape index (κ2) is 8.18. The summed E-state index contributed by atoms with van der Waals surface area (Å²) in [5.74, 6) is 0. The van der Waals surface area contributed by atoms with Crippen LogP contribution in [0, 0.1) is 0 Å². The third kappa shape index (κ3) is 4.73. The third-order valence-corrected chi connectivity index (χ3v) is 7.68. The van der Waals surface area contributed by atoms with Crippen LogP contribution in [0.1, 0.15) is 20.7 Å². The molecule has 0 spiro atoms. The Morgan fingerprint density at radius 2 is 1.00 bits per heavy atom. The first kappa shape index (κ1) is 15.2. The summed E-state index contributed by atoms with van der Waals surface area (Å²) in [5, 5.41) is 1.69. The van der Waals surface area contributed by atoms with Crippen molar-refractivity contribution in [1.29, 1.82) is 0 Å². The van der Waals surface area contributed by atoms with Gasteiger partial charge in [0.15, 0.2) is 0 Å². The van der Waals surface area contributed by atoms with E-state index >= 15 is 0 Å². The topological polar surface area (TPSA) is 34.1 Å². The third-order valence-electron chi connectivity index (χ3n) is 2.57. The molecule has 0 N–H and O–H groups in total. The molecule has 0 fully saturated rings. The molecular formula is C16H14O2Se2. The summed E-state index contributed by atoms with van der Waals surface area (Å²) >= 11 is -0.111. The molecule has 0 aliphatic carbocycles. The fourth-order valence-electron chi connectivity index (χ4n) is 1.58. The van der Waals surface area contributed by atoms with Gasteiger partial charge in [0.05, 0.1) is 0 Å². The molecule has 0 unspecified atom stereocenters. The molecule has 2 rings (SSSR count). The second-order valence-electron chi connectivity index (χ2n) is 4.00. The molecule has 0 aliphatic rings. The Bertz CT molecular complexity index is 514. The quantitative estimate of drug-likeness (QED) is 0.533. The molecule has 2 nitrogen and oxygen atoms in total. The van der Waals surface area contributed by atoms with Gasteiger partial charge in [-0.2, -0.15) is 0 Å². The molecule has 0 saturated carbocycles. The van der Waals surface area contributed by atoms with Crippen LogP contribution >= 0.6 is 0 Å². The van der Waals surface area contributed by atoms with Gasteiger partial charge >= 0.3 is 131 Å². The molecule has 4 heteroatoms. The van der Waals surface area contributed by atoms with E-state index in [1.807, 2.05) is 60.7 Å². The van der Waals surface area contributed by atoms with E-state index in [4.69, 9.17) is 0 Å². The number of hydrogen-bond acceptors (Lipinski definition) is 2. The van der Waals surface area contributed by atoms with Crippen LogP contribution in [0.4, 0.5) is 0 Å². The summed E-state index contributed by atoms with van der Waals surface area (Å²) in [6, 6.07) is 18.7. The van der Waals surface area contributed by atoms with Crippen LogP contribution in [0.15, 0.2) is 60.7 Å². The predicted octanol–water partition coefficient (Wildman–Crippen LogP) is 2.91. The van der Waals surface area contributed by atoms with Crippen LogP contribution in [0.25, 0.3) is 0 Å². The van der Waals surface area contributed by atoms with Gasteiger partial charge in [-0.15, -0.1) is 0 Å². The molecule has 2 aromatic carbocycles. The van der Waals surface area contributed by atoms with Gasteiger partial charge in [-0.25, -0.2) is 0 Å². The van der Waals surface area contributed by atoms with Crippen molar-refractivity contribution in [3.63, 3.8) is 0 Å². The Morgan fingerprint density at radius 3 is 1.35 bits per heavy atom. The van der Waals surface area contributed by atoms with Crippen LogP contribution in [0.5, 0.6) is 0 Å². The molecule has 0 saturated heterocycles. The number of benzene rings is 2. The molecule has 0 heterocycles. The van der Waals surface area contributed by atoms with Gasteiger partial charge in [0.2, 0.25) is 0 Å². The standard InChI is InChI=1S/C16H14O2Se2/c17-15(13-7-3-1-4-8-13)19-11-12-20-16(18)14-9-5-2-6-10-14/h1-10H,11-12H2. The molecule has 0 atom stereocenters. The number of hydrogen-bond donors (Lipinski definition) is 0. The van der Waals surface area contributed by atoms with Crippen molar-refractivity contribution in [1.82, 2.24) is 0 Å². The van der Waals surface area contributed by atoms with Crippen LogP contribution < -0.4 is 0 Å². The van der Waals surface area contributed by atoms with Gasteiger partial charge in [0.25, 0.3) is 0 Å². The molecule has 0 amide bonds. The Kier molecular flexibility index (Phi) is 6.22. The maximum absolute atomic E-state index is 11.9. The fourth-order valence-corrected chi connectivity index (χ4v) is 5.80. The first-order chi connectivity index (χ1) is 9.77. The molecule has 20 heavy (non-hydrogen) atoms. The fraction of sp³-hybridized carbons (Fsp3) is 0.125. The first-order valence-corrected chi connectivity index (χ1v) is 10.4. The molecule has 0 bridgehead atoms. The van der Waals surface area contributed by atoms with E-state index in [9.17, 15) is 9.59 Å². The molecule has 0 aliphatic heterocycles. The maximum atomic E-state index is 11.9. The SMILES string of the molecule is O=C([Se]CC[Se]C(=O)c1ccccc1)c1ccccc1. The molecule has 0 aromatic heterocycles. The van der Waals surface area contributed by atoms with Crippen molar-refractivity contribution in [2.45, 2.75) is 10.6 Å². The van der Waals surface area contributed by atoms with Crippen molar-refractivity contribution in [3.05, 3.63) is 71.8 Å². The number of carbonyl (C=O) groups is 2. The minimum absolute atomic E-state index is 0.0555. The summed E-state index contributed by atoms with van der Waals surface area (Å²) in [6.07, 6.45) is 0. The van der Waals surface area contributed by atoms with Crippen molar-refractivity contribution in [2.75, 3.05) is 0 Å². The van der Waals surface area contributed by atoms with E-state index in [1.54, 1.807) is 0 Å². The average molecular weight is 396 g/mol. The molecular weight excluding hydrogens is 382 g/mol. The zero-order chi connectivity index (χ0) is 14.2. The molecule has 102 valence electrons. The van der Waals surface area contributed by atoms with Crippen molar-refractivity contribution >= 4 is 39.3 Å². The van der Waals surface area contributed by atoms with Crippen LogP contribution in [-0.2, 0) is 0 Å². The monoisotopic (exact) mass is 398 g/mol. The van der Waals surface area contributed by atoms with Crippen molar-refractivity contribution in [3.8, 4) is 0 Å². The van der Waals surface area contributed by atoms with Gasteiger partial charge in [0.1, 0.15) is 0 Å². The van der Waals surface area contributed by atoms with Gasteiger partial charge < -0.3 is 0 Å². The van der Waals surface area contributed by atoms with E-state index in [0.717, 1.165) is 21.8 Å². The number of rotatable bonds is 7. The summed E-state index contributed by atoms with van der Waals surface area (Å²) in [4.78, 5) is 23.8. The normalized spacial score (nSPS) is 10.2. The second-order valence-corrected chi connectivity index (χ2v) is 8.48. The number of carbonyl (C=O) groups excluding carboxylic acids is 2. The Balaban J connectivity index is 1.72. The predicted molar refractivity (Wildman–Crippen MR) is 82.7 cm³/mol. The van der Waals surface area contributed by atoms with Crippen LogP contribution in [0.2, 0.25) is 10.6 Å².